The van der Waals surface area contributed by atoms with E-state index in [1.165, 1.54) is 20.3 Å². The second kappa shape index (κ2) is 6.87. The molecule has 0 fully saturated rings. The summed E-state index contributed by atoms with van der Waals surface area (Å²) in [6, 6.07) is 8.30. The summed E-state index contributed by atoms with van der Waals surface area (Å²) >= 11 is 0. The van der Waals surface area contributed by atoms with E-state index in [0.717, 1.165) is 5.56 Å². The van der Waals surface area contributed by atoms with E-state index in [9.17, 15) is 15.3 Å². The Hall–Kier alpha value is -2.66. The number of rotatable bonds is 5. The maximum absolute atomic E-state index is 9.89. The summed E-state index contributed by atoms with van der Waals surface area (Å²) in [6.07, 6.45) is 3.54. The maximum atomic E-state index is 9.89. The zero-order valence-corrected chi connectivity index (χ0v) is 12.4. The van der Waals surface area contributed by atoms with E-state index < -0.39 is 0 Å². The van der Waals surface area contributed by atoms with Crippen molar-refractivity contribution in [1.82, 2.24) is 0 Å². The molecule has 0 bridgehead atoms. The first kappa shape index (κ1) is 15.7. The molecule has 116 valence electrons. The monoisotopic (exact) mass is 302 g/mol. The van der Waals surface area contributed by atoms with Crippen LogP contribution in [0.25, 0.3) is 12.2 Å². The summed E-state index contributed by atoms with van der Waals surface area (Å²) < 4.78 is 10.0. The van der Waals surface area contributed by atoms with Gasteiger partial charge in [0.15, 0.2) is 23.0 Å². The molecule has 2 rings (SSSR count). The van der Waals surface area contributed by atoms with Crippen LogP contribution in [0, 0.1) is 0 Å². The average molecular weight is 302 g/mol. The minimum absolute atomic E-state index is 0.0359. The summed E-state index contributed by atoms with van der Waals surface area (Å²) in [4.78, 5) is 0. The third kappa shape index (κ3) is 3.32. The molecule has 0 aromatic heterocycles. The molecule has 2 aromatic carbocycles. The van der Waals surface area contributed by atoms with Gasteiger partial charge in [-0.3, -0.25) is 0 Å². The van der Waals surface area contributed by atoms with E-state index in [0.29, 0.717) is 16.9 Å². The highest BCUT2D eigenvalue weighted by Gasteiger charge is 2.09. The summed E-state index contributed by atoms with van der Waals surface area (Å²) in [6.45, 7) is -0.234. The smallest absolute Gasteiger partial charge is 0.166 e. The zero-order valence-electron chi connectivity index (χ0n) is 12.4. The number of methoxy groups -OCH3 is 2. The molecule has 22 heavy (non-hydrogen) atoms. The van der Waals surface area contributed by atoms with E-state index in [1.54, 1.807) is 36.4 Å². The topological polar surface area (TPSA) is 79.2 Å². The van der Waals surface area contributed by atoms with Gasteiger partial charge in [0.25, 0.3) is 0 Å². The summed E-state index contributed by atoms with van der Waals surface area (Å²) in [5, 5.41) is 28.9. The van der Waals surface area contributed by atoms with Gasteiger partial charge in [-0.15, -0.1) is 0 Å². The third-order valence-electron chi connectivity index (χ3n) is 3.21. The first-order chi connectivity index (χ1) is 10.6. The lowest BCUT2D eigenvalue weighted by Crippen LogP contribution is -1.93. The van der Waals surface area contributed by atoms with Gasteiger partial charge >= 0.3 is 0 Å². The van der Waals surface area contributed by atoms with Gasteiger partial charge < -0.3 is 24.8 Å². The highest BCUT2D eigenvalue weighted by atomic mass is 16.5. The molecule has 0 amide bonds. The standard InChI is InChI=1S/C17H18O5/c1-21-16-6-5-11(8-14(16)19)3-4-12-7-13(10-18)17(22-2)15(20)9-12/h3-9,18-20H,10H2,1-2H3. The lowest BCUT2D eigenvalue weighted by Gasteiger charge is -2.09. The van der Waals surface area contributed by atoms with E-state index in [4.69, 9.17) is 9.47 Å². The Labute approximate surface area is 128 Å². The van der Waals surface area contributed by atoms with Gasteiger partial charge in [-0.25, -0.2) is 0 Å². The van der Waals surface area contributed by atoms with Gasteiger partial charge in [0.05, 0.1) is 20.8 Å². The van der Waals surface area contributed by atoms with Crippen LogP contribution in [0.2, 0.25) is 0 Å². The largest absolute Gasteiger partial charge is 0.504 e. The molecule has 2 aromatic rings. The van der Waals surface area contributed by atoms with Gasteiger partial charge in [-0.2, -0.15) is 0 Å². The van der Waals surface area contributed by atoms with Crippen molar-refractivity contribution in [3.8, 4) is 23.0 Å². The number of phenolic OH excluding ortho intramolecular Hbond substituents is 2. The lowest BCUT2D eigenvalue weighted by atomic mass is 10.1. The molecular formula is C17H18O5. The quantitative estimate of drug-likeness (QED) is 0.740. The van der Waals surface area contributed by atoms with Crippen molar-refractivity contribution in [1.29, 1.82) is 0 Å². The Bertz CT molecular complexity index is 692. The van der Waals surface area contributed by atoms with E-state index in [2.05, 4.69) is 0 Å². The van der Waals surface area contributed by atoms with Crippen molar-refractivity contribution >= 4 is 12.2 Å². The summed E-state index contributed by atoms with van der Waals surface area (Å²) in [5.74, 6) is 0.688. The molecule has 0 saturated heterocycles. The summed E-state index contributed by atoms with van der Waals surface area (Å²) in [5.41, 5.74) is 1.98. The van der Waals surface area contributed by atoms with Crippen molar-refractivity contribution in [2.75, 3.05) is 14.2 Å². The van der Waals surface area contributed by atoms with Gasteiger partial charge in [-0.05, 0) is 35.4 Å². The Morgan fingerprint density at radius 3 is 2.18 bits per heavy atom. The van der Waals surface area contributed by atoms with Crippen molar-refractivity contribution in [2.45, 2.75) is 6.61 Å². The molecule has 0 saturated carbocycles. The molecule has 5 heteroatoms. The number of hydrogen-bond acceptors (Lipinski definition) is 5. The number of benzene rings is 2. The van der Waals surface area contributed by atoms with Crippen LogP contribution < -0.4 is 9.47 Å². The zero-order chi connectivity index (χ0) is 16.1. The first-order valence-corrected chi connectivity index (χ1v) is 6.65. The van der Waals surface area contributed by atoms with Crippen LogP contribution in [0.5, 0.6) is 23.0 Å². The minimum atomic E-state index is -0.234. The molecule has 0 aliphatic carbocycles. The molecule has 0 aliphatic heterocycles. The van der Waals surface area contributed by atoms with Crippen LogP contribution in [0.3, 0.4) is 0 Å². The number of aliphatic hydroxyl groups excluding tert-OH is 1. The minimum Gasteiger partial charge on any atom is -0.504 e. The van der Waals surface area contributed by atoms with Gasteiger partial charge in [0, 0.05) is 5.56 Å². The van der Waals surface area contributed by atoms with Gasteiger partial charge in [0.1, 0.15) is 0 Å². The first-order valence-electron chi connectivity index (χ1n) is 6.65. The number of hydrogen-bond donors (Lipinski definition) is 3. The van der Waals surface area contributed by atoms with E-state index >= 15 is 0 Å². The Morgan fingerprint density at radius 1 is 0.909 bits per heavy atom. The third-order valence-corrected chi connectivity index (χ3v) is 3.21. The van der Waals surface area contributed by atoms with Crippen LogP contribution in [0.1, 0.15) is 16.7 Å². The molecule has 0 spiro atoms. The number of phenols is 2. The maximum Gasteiger partial charge on any atom is 0.166 e. The number of aliphatic hydroxyl groups is 1. The Morgan fingerprint density at radius 2 is 1.59 bits per heavy atom. The predicted octanol–water partition coefficient (Wildman–Crippen LogP) is 2.78. The Balaban J connectivity index is 2.30. The molecule has 0 heterocycles. The van der Waals surface area contributed by atoms with Gasteiger partial charge in [-0.1, -0.05) is 18.2 Å². The van der Waals surface area contributed by atoms with Crippen molar-refractivity contribution in [3.63, 3.8) is 0 Å². The molecule has 5 nitrogen and oxygen atoms in total. The lowest BCUT2D eigenvalue weighted by molar-refractivity contribution is 0.270. The van der Waals surface area contributed by atoms with E-state index in [1.807, 2.05) is 0 Å². The fourth-order valence-electron chi connectivity index (χ4n) is 2.15. The normalized spacial score (nSPS) is 10.9. The molecule has 0 unspecified atom stereocenters. The molecular weight excluding hydrogens is 284 g/mol. The van der Waals surface area contributed by atoms with Crippen LogP contribution in [-0.2, 0) is 6.61 Å². The van der Waals surface area contributed by atoms with E-state index in [-0.39, 0.29) is 23.9 Å². The predicted molar refractivity (Wildman–Crippen MR) is 84.2 cm³/mol. The SMILES string of the molecule is COc1ccc(C=Cc2cc(O)c(OC)c(CO)c2)cc1O. The number of aromatic hydroxyl groups is 2. The van der Waals surface area contributed by atoms with Crippen molar-refractivity contribution in [3.05, 3.63) is 47.0 Å². The second-order valence-electron chi connectivity index (χ2n) is 4.66. The molecule has 0 radical (unpaired) electrons. The summed E-state index contributed by atoms with van der Waals surface area (Å²) in [7, 11) is 2.92. The van der Waals surface area contributed by atoms with Crippen molar-refractivity contribution in [2.24, 2.45) is 0 Å². The fraction of sp³-hybridized carbons (Fsp3) is 0.176. The Kier molecular flexibility index (Phi) is 4.91. The van der Waals surface area contributed by atoms with Crippen LogP contribution in [-0.4, -0.2) is 29.5 Å². The number of ether oxygens (including phenoxy) is 2. The van der Waals surface area contributed by atoms with Crippen molar-refractivity contribution < 1.29 is 24.8 Å². The van der Waals surface area contributed by atoms with Crippen LogP contribution >= 0.6 is 0 Å². The molecule has 0 atom stereocenters. The van der Waals surface area contributed by atoms with Crippen LogP contribution in [0.4, 0.5) is 0 Å². The second-order valence-corrected chi connectivity index (χ2v) is 4.66. The highest BCUT2D eigenvalue weighted by Crippen LogP contribution is 2.32. The fourth-order valence-corrected chi connectivity index (χ4v) is 2.15. The average Bonchev–Trinajstić information content (AvgIpc) is 2.52. The highest BCUT2D eigenvalue weighted by molar-refractivity contribution is 5.72. The van der Waals surface area contributed by atoms with Crippen LogP contribution in [0.15, 0.2) is 30.3 Å². The molecule has 0 aliphatic rings. The van der Waals surface area contributed by atoms with Gasteiger partial charge in [0.2, 0.25) is 0 Å². The molecule has 3 N–H and O–H groups in total.